The Labute approximate surface area is 67.6 Å². The van der Waals surface area contributed by atoms with E-state index in [1.807, 2.05) is 23.1 Å². The van der Waals surface area contributed by atoms with Crippen LogP contribution in [0.4, 0.5) is 0 Å². The molecule has 62 valence electrons. The molecule has 0 saturated heterocycles. The highest BCUT2D eigenvalue weighted by Crippen LogP contribution is 1.86. The highest BCUT2D eigenvalue weighted by Gasteiger charge is 1.94. The van der Waals surface area contributed by atoms with Crippen LogP contribution in [0, 0.1) is 0 Å². The van der Waals surface area contributed by atoms with Crippen LogP contribution in [0.1, 0.15) is 6.92 Å². The van der Waals surface area contributed by atoms with Crippen molar-refractivity contribution in [2.45, 2.75) is 13.5 Å². The summed E-state index contributed by atoms with van der Waals surface area (Å²) in [6.45, 7) is 5.31. The van der Waals surface area contributed by atoms with Crippen LogP contribution < -0.4 is 0 Å². The van der Waals surface area contributed by atoms with Gasteiger partial charge in [0.25, 0.3) is 0 Å². The predicted octanol–water partition coefficient (Wildman–Crippen LogP) is 0.835. The first kappa shape index (κ1) is 8.27. The monoisotopic (exact) mass is 153 g/mol. The summed E-state index contributed by atoms with van der Waals surface area (Å²) in [5.74, 6) is 0. The molecule has 0 N–H and O–H groups in total. The first-order valence-electron chi connectivity index (χ1n) is 3.99. The third-order valence-corrected chi connectivity index (χ3v) is 1.81. The number of likely N-dealkylation sites (N-methyl/N-ethyl adjacent to an activating group) is 1. The Hall–Kier alpha value is -0.830. The van der Waals surface area contributed by atoms with Crippen molar-refractivity contribution in [3.8, 4) is 0 Å². The maximum Gasteiger partial charge on any atom is 0.0536 e. The average Bonchev–Trinajstić information content (AvgIpc) is 2.52. The third kappa shape index (κ3) is 2.72. The molecule has 1 aromatic heterocycles. The minimum atomic E-state index is 0.983. The van der Waals surface area contributed by atoms with Gasteiger partial charge in [0.2, 0.25) is 0 Å². The first-order chi connectivity index (χ1) is 5.33. The van der Waals surface area contributed by atoms with Crippen LogP contribution in [0.2, 0.25) is 0 Å². The topological polar surface area (TPSA) is 21.1 Å². The Balaban J connectivity index is 2.23. The van der Waals surface area contributed by atoms with Gasteiger partial charge in [0.1, 0.15) is 0 Å². The molecule has 0 aromatic carbocycles. The molecule has 0 unspecified atom stereocenters. The van der Waals surface area contributed by atoms with Crippen molar-refractivity contribution in [1.82, 2.24) is 14.7 Å². The maximum absolute atomic E-state index is 4.11. The largest absolute Gasteiger partial charge is 0.305 e. The molecule has 1 rings (SSSR count). The Kier molecular flexibility index (Phi) is 3.11. The molecule has 0 radical (unpaired) electrons. The van der Waals surface area contributed by atoms with Gasteiger partial charge in [-0.1, -0.05) is 6.92 Å². The second-order valence-corrected chi connectivity index (χ2v) is 2.67. The SMILES string of the molecule is CCN(C)CCn1cccn1. The van der Waals surface area contributed by atoms with E-state index in [0.717, 1.165) is 19.6 Å². The number of hydrogen-bond donors (Lipinski definition) is 0. The van der Waals surface area contributed by atoms with Crippen molar-refractivity contribution in [3.63, 3.8) is 0 Å². The minimum Gasteiger partial charge on any atom is -0.305 e. The average molecular weight is 153 g/mol. The molecule has 0 fully saturated rings. The lowest BCUT2D eigenvalue weighted by Gasteiger charge is -2.12. The summed E-state index contributed by atoms with van der Waals surface area (Å²) in [4.78, 5) is 2.27. The summed E-state index contributed by atoms with van der Waals surface area (Å²) in [5.41, 5.74) is 0. The smallest absolute Gasteiger partial charge is 0.0536 e. The molecular weight excluding hydrogens is 138 g/mol. The van der Waals surface area contributed by atoms with Gasteiger partial charge in [-0.15, -0.1) is 0 Å². The van der Waals surface area contributed by atoms with Crippen LogP contribution in [0.3, 0.4) is 0 Å². The molecular formula is C8H15N3. The number of hydrogen-bond acceptors (Lipinski definition) is 2. The van der Waals surface area contributed by atoms with Crippen LogP contribution >= 0.6 is 0 Å². The van der Waals surface area contributed by atoms with Crippen molar-refractivity contribution in [2.75, 3.05) is 20.1 Å². The Morgan fingerprint density at radius 3 is 2.91 bits per heavy atom. The zero-order valence-electron chi connectivity index (χ0n) is 7.20. The first-order valence-corrected chi connectivity index (χ1v) is 3.99. The molecule has 11 heavy (non-hydrogen) atoms. The van der Waals surface area contributed by atoms with Crippen molar-refractivity contribution in [2.24, 2.45) is 0 Å². The van der Waals surface area contributed by atoms with Gasteiger partial charge in [-0.2, -0.15) is 5.10 Å². The van der Waals surface area contributed by atoms with Crippen molar-refractivity contribution >= 4 is 0 Å². The summed E-state index contributed by atoms with van der Waals surface area (Å²) in [6.07, 6.45) is 3.80. The van der Waals surface area contributed by atoms with Crippen LogP contribution in [-0.4, -0.2) is 34.8 Å². The molecule has 0 amide bonds. The molecule has 0 bridgehead atoms. The third-order valence-electron chi connectivity index (χ3n) is 1.81. The van der Waals surface area contributed by atoms with E-state index in [-0.39, 0.29) is 0 Å². The summed E-state index contributed by atoms with van der Waals surface area (Å²) in [5, 5.41) is 4.11. The molecule has 1 heterocycles. The summed E-state index contributed by atoms with van der Waals surface area (Å²) in [7, 11) is 2.11. The van der Waals surface area contributed by atoms with Crippen LogP contribution in [0.25, 0.3) is 0 Å². The van der Waals surface area contributed by atoms with E-state index in [2.05, 4.69) is 24.0 Å². The molecule has 0 aliphatic carbocycles. The number of aromatic nitrogens is 2. The van der Waals surface area contributed by atoms with Gasteiger partial charge in [-0.25, -0.2) is 0 Å². The van der Waals surface area contributed by atoms with Crippen LogP contribution in [-0.2, 0) is 6.54 Å². The molecule has 0 aliphatic heterocycles. The molecule has 0 atom stereocenters. The lowest BCUT2D eigenvalue weighted by molar-refractivity contribution is 0.328. The number of rotatable bonds is 4. The summed E-state index contributed by atoms with van der Waals surface area (Å²) in [6, 6.07) is 1.95. The van der Waals surface area contributed by atoms with E-state index >= 15 is 0 Å². The molecule has 0 aliphatic rings. The van der Waals surface area contributed by atoms with Crippen LogP contribution in [0.5, 0.6) is 0 Å². The standard InChI is InChI=1S/C8H15N3/c1-3-10(2)7-8-11-6-4-5-9-11/h4-6H,3,7-8H2,1-2H3. The fourth-order valence-electron chi connectivity index (χ4n) is 0.864. The molecule has 3 heteroatoms. The van der Waals surface area contributed by atoms with E-state index in [0.29, 0.717) is 0 Å². The Bertz CT molecular complexity index is 181. The zero-order chi connectivity index (χ0) is 8.10. The van der Waals surface area contributed by atoms with Gasteiger partial charge in [-0.05, 0) is 19.7 Å². The van der Waals surface area contributed by atoms with E-state index in [9.17, 15) is 0 Å². The summed E-state index contributed by atoms with van der Waals surface area (Å²) < 4.78 is 1.95. The van der Waals surface area contributed by atoms with E-state index < -0.39 is 0 Å². The fraction of sp³-hybridized carbons (Fsp3) is 0.625. The molecule has 0 saturated carbocycles. The Morgan fingerprint density at radius 1 is 1.55 bits per heavy atom. The zero-order valence-corrected chi connectivity index (χ0v) is 7.20. The van der Waals surface area contributed by atoms with Gasteiger partial charge in [0.05, 0.1) is 6.54 Å². The fourth-order valence-corrected chi connectivity index (χ4v) is 0.864. The quantitative estimate of drug-likeness (QED) is 0.639. The lowest BCUT2D eigenvalue weighted by atomic mass is 10.5. The van der Waals surface area contributed by atoms with Gasteiger partial charge in [0.15, 0.2) is 0 Å². The van der Waals surface area contributed by atoms with Gasteiger partial charge >= 0.3 is 0 Å². The lowest BCUT2D eigenvalue weighted by Crippen LogP contribution is -2.22. The maximum atomic E-state index is 4.11. The van der Waals surface area contributed by atoms with Crippen molar-refractivity contribution < 1.29 is 0 Å². The highest BCUT2D eigenvalue weighted by atomic mass is 15.3. The Morgan fingerprint density at radius 2 is 2.36 bits per heavy atom. The van der Waals surface area contributed by atoms with Gasteiger partial charge in [0, 0.05) is 18.9 Å². The van der Waals surface area contributed by atoms with Crippen LogP contribution in [0.15, 0.2) is 18.5 Å². The molecule has 3 nitrogen and oxygen atoms in total. The van der Waals surface area contributed by atoms with Gasteiger partial charge in [-0.3, -0.25) is 4.68 Å². The van der Waals surface area contributed by atoms with E-state index in [1.165, 1.54) is 0 Å². The minimum absolute atomic E-state index is 0.983. The molecule has 0 spiro atoms. The normalized spacial score (nSPS) is 10.8. The predicted molar refractivity (Wildman–Crippen MR) is 45.4 cm³/mol. The van der Waals surface area contributed by atoms with Gasteiger partial charge < -0.3 is 4.90 Å². The van der Waals surface area contributed by atoms with Crippen molar-refractivity contribution in [1.29, 1.82) is 0 Å². The highest BCUT2D eigenvalue weighted by molar-refractivity contribution is 4.77. The van der Waals surface area contributed by atoms with Crippen molar-refractivity contribution in [3.05, 3.63) is 18.5 Å². The second-order valence-electron chi connectivity index (χ2n) is 2.67. The molecule has 1 aromatic rings. The van der Waals surface area contributed by atoms with E-state index in [1.54, 1.807) is 0 Å². The second kappa shape index (κ2) is 4.13. The van der Waals surface area contributed by atoms with E-state index in [4.69, 9.17) is 0 Å². The summed E-state index contributed by atoms with van der Waals surface area (Å²) >= 11 is 0. The number of nitrogens with zero attached hydrogens (tertiary/aromatic N) is 3.